The van der Waals surface area contributed by atoms with Crippen LogP contribution in [0.5, 0.6) is 0 Å². The van der Waals surface area contributed by atoms with E-state index in [1.807, 2.05) is 0 Å². The molecule has 0 aromatic heterocycles. The minimum Gasteiger partial charge on any atom is -0.478 e. The second-order valence-corrected chi connectivity index (χ2v) is 3.30. The van der Waals surface area contributed by atoms with Gasteiger partial charge in [0.15, 0.2) is 0 Å². The van der Waals surface area contributed by atoms with E-state index in [1.165, 1.54) is 12.1 Å². The smallest absolute Gasteiger partial charge is 0.335 e. The number of aromatic carboxylic acids is 1. The fourth-order valence-electron chi connectivity index (χ4n) is 1.02. The molecule has 0 saturated heterocycles. The van der Waals surface area contributed by atoms with E-state index in [2.05, 4.69) is 17.2 Å². The molecule has 0 unspecified atom stereocenters. The molecular weight excluding hydrogens is 214 g/mol. The first-order chi connectivity index (χ1) is 7.13. The van der Waals surface area contributed by atoms with Crippen molar-refractivity contribution in [1.29, 1.82) is 0 Å². The van der Waals surface area contributed by atoms with Crippen molar-refractivity contribution in [3.63, 3.8) is 0 Å². The second kappa shape index (κ2) is 5.40. The van der Waals surface area contributed by atoms with Crippen molar-refractivity contribution in [3.8, 4) is 11.8 Å². The predicted molar refractivity (Wildman–Crippen MR) is 59.2 cm³/mol. The van der Waals surface area contributed by atoms with Crippen molar-refractivity contribution in [1.82, 2.24) is 5.32 Å². The van der Waals surface area contributed by atoms with Crippen LogP contribution in [0, 0.1) is 11.8 Å². The van der Waals surface area contributed by atoms with Crippen molar-refractivity contribution in [2.75, 3.05) is 13.6 Å². The average molecular weight is 224 g/mol. The molecule has 3 nitrogen and oxygen atoms in total. The molecule has 15 heavy (non-hydrogen) atoms. The summed E-state index contributed by atoms with van der Waals surface area (Å²) in [4.78, 5) is 10.7. The average Bonchev–Trinajstić information content (AvgIpc) is 2.17. The second-order valence-electron chi connectivity index (χ2n) is 2.87. The fraction of sp³-hybridized carbons (Fsp3) is 0.182. The van der Waals surface area contributed by atoms with E-state index >= 15 is 0 Å². The van der Waals surface area contributed by atoms with Crippen molar-refractivity contribution < 1.29 is 9.90 Å². The van der Waals surface area contributed by atoms with E-state index in [0.717, 1.165) is 0 Å². The molecule has 0 aliphatic carbocycles. The van der Waals surface area contributed by atoms with Crippen molar-refractivity contribution in [2.45, 2.75) is 0 Å². The maximum absolute atomic E-state index is 10.7. The number of carbonyl (C=O) groups is 1. The summed E-state index contributed by atoms with van der Waals surface area (Å²) in [6.45, 7) is 0.551. The quantitative estimate of drug-likeness (QED) is 0.749. The maximum atomic E-state index is 10.7. The number of hydrogen-bond donors (Lipinski definition) is 2. The molecule has 0 fully saturated rings. The van der Waals surface area contributed by atoms with Gasteiger partial charge in [-0.05, 0) is 25.2 Å². The Labute approximate surface area is 93.1 Å². The Morgan fingerprint density at radius 2 is 2.27 bits per heavy atom. The van der Waals surface area contributed by atoms with E-state index < -0.39 is 5.97 Å². The van der Waals surface area contributed by atoms with E-state index in [9.17, 15) is 4.79 Å². The summed E-state index contributed by atoms with van der Waals surface area (Å²) < 4.78 is 0. The van der Waals surface area contributed by atoms with Gasteiger partial charge >= 0.3 is 5.97 Å². The molecule has 2 N–H and O–H groups in total. The maximum Gasteiger partial charge on any atom is 0.335 e. The molecule has 0 radical (unpaired) electrons. The van der Waals surface area contributed by atoms with Gasteiger partial charge < -0.3 is 10.4 Å². The van der Waals surface area contributed by atoms with Gasteiger partial charge in [-0.3, -0.25) is 0 Å². The molecule has 0 heterocycles. The Morgan fingerprint density at radius 1 is 1.53 bits per heavy atom. The molecule has 78 valence electrons. The third kappa shape index (κ3) is 3.62. The van der Waals surface area contributed by atoms with Crippen LogP contribution < -0.4 is 5.32 Å². The summed E-state index contributed by atoms with van der Waals surface area (Å²) in [5.74, 6) is 4.65. The lowest BCUT2D eigenvalue weighted by Gasteiger charge is -1.97. The van der Waals surface area contributed by atoms with E-state index in [0.29, 0.717) is 17.1 Å². The van der Waals surface area contributed by atoms with Gasteiger partial charge in [-0.25, -0.2) is 4.79 Å². The Balaban J connectivity index is 3.00. The molecule has 0 saturated carbocycles. The number of hydrogen-bond acceptors (Lipinski definition) is 2. The van der Waals surface area contributed by atoms with Crippen LogP contribution in [-0.4, -0.2) is 24.7 Å². The van der Waals surface area contributed by atoms with Crippen molar-refractivity contribution >= 4 is 17.6 Å². The van der Waals surface area contributed by atoms with Crippen LogP contribution in [0.2, 0.25) is 5.02 Å². The summed E-state index contributed by atoms with van der Waals surface area (Å²) in [6, 6.07) is 4.53. The van der Waals surface area contributed by atoms with Gasteiger partial charge in [-0.2, -0.15) is 0 Å². The van der Waals surface area contributed by atoms with Crippen LogP contribution >= 0.6 is 11.6 Å². The zero-order valence-corrected chi connectivity index (χ0v) is 8.93. The first-order valence-corrected chi connectivity index (χ1v) is 4.68. The first-order valence-electron chi connectivity index (χ1n) is 4.31. The van der Waals surface area contributed by atoms with Gasteiger partial charge in [-0.1, -0.05) is 23.4 Å². The highest BCUT2D eigenvalue weighted by molar-refractivity contribution is 6.31. The zero-order chi connectivity index (χ0) is 11.3. The molecule has 1 aromatic carbocycles. The highest BCUT2D eigenvalue weighted by atomic mass is 35.5. The molecule has 1 rings (SSSR count). The highest BCUT2D eigenvalue weighted by Gasteiger charge is 2.04. The number of halogens is 1. The molecular formula is C11H10ClNO2. The van der Waals surface area contributed by atoms with Crippen LogP contribution in [0.3, 0.4) is 0 Å². The van der Waals surface area contributed by atoms with Crippen molar-refractivity contribution in [2.24, 2.45) is 0 Å². The third-order valence-electron chi connectivity index (χ3n) is 1.64. The number of nitrogens with one attached hydrogen (secondary N) is 1. The minimum atomic E-state index is -1.01. The summed E-state index contributed by atoms with van der Waals surface area (Å²) >= 11 is 5.76. The van der Waals surface area contributed by atoms with Gasteiger partial charge in [0, 0.05) is 10.6 Å². The lowest BCUT2D eigenvalue weighted by molar-refractivity contribution is 0.0697. The molecule has 0 aliphatic rings. The van der Waals surface area contributed by atoms with Gasteiger partial charge in [0.25, 0.3) is 0 Å². The molecule has 0 bridgehead atoms. The van der Waals surface area contributed by atoms with E-state index in [-0.39, 0.29) is 5.56 Å². The van der Waals surface area contributed by atoms with E-state index in [4.69, 9.17) is 16.7 Å². The standard InChI is InChI=1S/C11H10ClNO2/c1-13-4-2-3-8-5-9(11(14)15)7-10(12)6-8/h5-7,13H,4H2,1H3,(H,14,15). The predicted octanol–water partition coefficient (Wildman–Crippen LogP) is 1.61. The summed E-state index contributed by atoms with van der Waals surface area (Å²) in [5.41, 5.74) is 0.756. The number of rotatable bonds is 2. The normalized spacial score (nSPS) is 9.20. The number of carboxylic acids is 1. The fourth-order valence-corrected chi connectivity index (χ4v) is 1.26. The third-order valence-corrected chi connectivity index (χ3v) is 1.86. The molecule has 4 heteroatoms. The van der Waals surface area contributed by atoms with Gasteiger partial charge in [0.05, 0.1) is 12.1 Å². The van der Waals surface area contributed by atoms with Crippen LogP contribution in [0.1, 0.15) is 15.9 Å². The number of benzene rings is 1. The molecule has 0 aliphatic heterocycles. The molecule has 0 spiro atoms. The Bertz CT molecular complexity index is 432. The lowest BCUT2D eigenvalue weighted by Crippen LogP contribution is -2.04. The molecule has 0 amide bonds. The summed E-state index contributed by atoms with van der Waals surface area (Å²) in [5, 5.41) is 12.0. The number of carboxylic acid groups (broad SMARTS) is 1. The molecule has 0 atom stereocenters. The Hall–Kier alpha value is -1.50. The topological polar surface area (TPSA) is 49.3 Å². The van der Waals surface area contributed by atoms with Gasteiger partial charge in [0.2, 0.25) is 0 Å². The summed E-state index contributed by atoms with van der Waals surface area (Å²) in [7, 11) is 1.79. The first kappa shape index (κ1) is 11.6. The van der Waals surface area contributed by atoms with Crippen LogP contribution in [0.4, 0.5) is 0 Å². The highest BCUT2D eigenvalue weighted by Crippen LogP contribution is 2.14. The molecule has 1 aromatic rings. The van der Waals surface area contributed by atoms with Crippen molar-refractivity contribution in [3.05, 3.63) is 34.3 Å². The zero-order valence-electron chi connectivity index (χ0n) is 8.17. The Morgan fingerprint density at radius 3 is 2.87 bits per heavy atom. The lowest BCUT2D eigenvalue weighted by atomic mass is 10.1. The van der Waals surface area contributed by atoms with Crippen LogP contribution in [-0.2, 0) is 0 Å². The summed E-state index contributed by atoms with van der Waals surface area (Å²) in [6.07, 6.45) is 0. The van der Waals surface area contributed by atoms with Crippen LogP contribution in [0.15, 0.2) is 18.2 Å². The van der Waals surface area contributed by atoms with Gasteiger partial charge in [0.1, 0.15) is 0 Å². The van der Waals surface area contributed by atoms with E-state index in [1.54, 1.807) is 13.1 Å². The minimum absolute atomic E-state index is 0.149. The van der Waals surface area contributed by atoms with Crippen LogP contribution in [0.25, 0.3) is 0 Å². The monoisotopic (exact) mass is 223 g/mol. The SMILES string of the molecule is CNCC#Cc1cc(Cl)cc(C(=O)O)c1. The largest absolute Gasteiger partial charge is 0.478 e. The van der Waals surface area contributed by atoms with Gasteiger partial charge in [-0.15, -0.1) is 0 Å². The Kier molecular flexibility index (Phi) is 4.17.